The monoisotopic (exact) mass is 1440 g/mol. The Labute approximate surface area is 554 Å². The number of aliphatic hydroxyl groups is 23. The number of hydrogen-bond acceptors (Lipinski definition) is 41. The summed E-state index contributed by atoms with van der Waals surface area (Å²) in [7, 11) is 0. The molecule has 0 unspecified atom stereocenters. The van der Waals surface area contributed by atoms with Gasteiger partial charge in [0.05, 0.1) is 52.9 Å². The Morgan fingerprint density at radius 2 is 0.551 bits per heavy atom. The Kier molecular flexibility index (Phi) is 28.9. The SMILES string of the molecule is CC(=O)N[C@H]1[C@H](O[C@H]2[C@@H](O)[C@@H](CO)O[C@@H](O[C@H]3[C@H](O)[C@@H](NC(C)=O)[C@H](OC[C@H]4O[C@@H](O[C@H]5[C@H](O)[C@@H](O)[C@H](O)O[C@@H]5CO)[C@H](O)[C@@H](O[C@@H]5O[C@H](CO)[C@@H](O)[C@H](O[C@@H]6O[C@H](CO)[C@H](O)[C@H](O)[C@H]6O)[C@H]5NC(C)=O)[C@H]4O)O[C@@H]3CO)[C@@H]2O)O[C@H](CO)[C@@H](O[C@@H]2O[C@H](CO)[C@H](O)[C@H](O)[C@H]2O)[C@@H]1O. The van der Waals surface area contributed by atoms with E-state index in [9.17, 15) is 132 Å². The van der Waals surface area contributed by atoms with Gasteiger partial charge in [0.1, 0.15) is 195 Å². The molecule has 26 N–H and O–H groups in total. The molecule has 0 aliphatic carbocycles. The van der Waals surface area contributed by atoms with E-state index in [-0.39, 0.29) is 0 Å². The van der Waals surface area contributed by atoms with Gasteiger partial charge in [0, 0.05) is 20.8 Å². The molecule has 0 spiro atoms. The van der Waals surface area contributed by atoms with Gasteiger partial charge in [-0.05, 0) is 0 Å². The third-order valence-corrected chi connectivity index (χ3v) is 17.8. The van der Waals surface area contributed by atoms with E-state index >= 15 is 0 Å². The normalized spacial score (nSPS) is 49.5. The molecule has 44 nitrogen and oxygen atoms in total. The zero-order valence-corrected chi connectivity index (χ0v) is 52.4. The lowest BCUT2D eigenvalue weighted by atomic mass is 9.94. The molecule has 0 radical (unpaired) electrons. The summed E-state index contributed by atoms with van der Waals surface area (Å²) in [6, 6.07) is -5.50. The summed E-state index contributed by atoms with van der Waals surface area (Å²) in [5.41, 5.74) is 0. The number of nitrogens with one attached hydrogen (secondary N) is 3. The minimum atomic E-state index is -2.36. The second-order valence-corrected chi connectivity index (χ2v) is 24.6. The van der Waals surface area contributed by atoms with Crippen molar-refractivity contribution in [2.45, 2.75) is 266 Å². The summed E-state index contributed by atoms with van der Waals surface area (Å²) in [6.45, 7) is -5.33. The van der Waals surface area contributed by atoms with Crippen LogP contribution in [0.1, 0.15) is 20.8 Å². The van der Waals surface area contributed by atoms with Crippen LogP contribution in [0, 0.1) is 0 Å². The van der Waals surface area contributed by atoms with Crippen LogP contribution in [-0.4, -0.2) is 433 Å². The molecule has 0 saturated carbocycles. The molecule has 3 amide bonds. The quantitative estimate of drug-likeness (QED) is 0.0404. The minimum absolute atomic E-state index is 0.868. The third-order valence-electron chi connectivity index (χ3n) is 17.8. The number of hydrogen-bond donors (Lipinski definition) is 26. The maximum absolute atomic E-state index is 12.9. The van der Waals surface area contributed by atoms with Crippen LogP contribution in [0.25, 0.3) is 0 Å². The second kappa shape index (κ2) is 35.1. The number of amides is 3. The maximum Gasteiger partial charge on any atom is 0.217 e. The highest BCUT2D eigenvalue weighted by atomic mass is 16.8. The highest BCUT2D eigenvalue weighted by Crippen LogP contribution is 2.39. The van der Waals surface area contributed by atoms with Gasteiger partial charge in [-0.3, -0.25) is 14.4 Å². The lowest BCUT2D eigenvalue weighted by Crippen LogP contribution is -2.70. The van der Waals surface area contributed by atoms with Crippen molar-refractivity contribution in [2.75, 3.05) is 52.9 Å². The van der Waals surface area contributed by atoms with Gasteiger partial charge < -0.3 is 204 Å². The molecular weight excluding hydrogens is 1350 g/mol. The summed E-state index contributed by atoms with van der Waals surface area (Å²) < 4.78 is 87.1. The summed E-state index contributed by atoms with van der Waals surface area (Å²) in [6.07, 6.45) is -73.7. The molecule has 0 bridgehead atoms. The van der Waals surface area contributed by atoms with E-state index in [4.69, 9.17) is 71.1 Å². The van der Waals surface area contributed by atoms with E-state index < -0.39 is 316 Å². The molecule has 98 heavy (non-hydrogen) atoms. The summed E-state index contributed by atoms with van der Waals surface area (Å²) >= 11 is 0. The van der Waals surface area contributed by atoms with Crippen molar-refractivity contribution in [1.82, 2.24) is 16.0 Å². The number of aliphatic hydroxyl groups excluding tert-OH is 23. The molecule has 0 aromatic rings. The first-order valence-corrected chi connectivity index (χ1v) is 31.1. The topological polar surface area (TPSA) is 691 Å². The third kappa shape index (κ3) is 17.5. The first kappa shape index (κ1) is 80.6. The van der Waals surface area contributed by atoms with E-state index in [1.165, 1.54) is 0 Å². The number of ether oxygens (including phenoxy) is 15. The molecule has 40 atom stereocenters. The highest BCUT2D eigenvalue weighted by molar-refractivity contribution is 5.74. The average molecular weight is 1440 g/mol. The summed E-state index contributed by atoms with van der Waals surface area (Å²) in [5, 5.41) is 257. The van der Waals surface area contributed by atoms with Gasteiger partial charge in [0.25, 0.3) is 0 Å². The van der Waals surface area contributed by atoms with Crippen LogP contribution < -0.4 is 16.0 Å². The van der Waals surface area contributed by atoms with E-state index in [2.05, 4.69) is 16.0 Å². The molecule has 8 aliphatic rings. The van der Waals surface area contributed by atoms with Crippen molar-refractivity contribution in [3.63, 3.8) is 0 Å². The fourth-order valence-electron chi connectivity index (χ4n) is 12.6. The predicted octanol–water partition coefficient (Wildman–Crippen LogP) is -18.0. The van der Waals surface area contributed by atoms with Gasteiger partial charge in [0.15, 0.2) is 50.3 Å². The molecule has 8 heterocycles. The Bertz CT molecular complexity index is 2510. The Morgan fingerprint density at radius 1 is 0.265 bits per heavy atom. The van der Waals surface area contributed by atoms with Crippen LogP contribution in [0.2, 0.25) is 0 Å². The van der Waals surface area contributed by atoms with E-state index in [1.54, 1.807) is 0 Å². The molecule has 568 valence electrons. The van der Waals surface area contributed by atoms with Crippen molar-refractivity contribution in [2.24, 2.45) is 0 Å². The zero-order valence-electron chi connectivity index (χ0n) is 52.4. The molecular formula is C54H91N3O41. The standard InChI is InChI=1S/C54H91N3O41/c1-12(65)55-23-31(73)41(94-53-39(81)45(29(71)18(7-61)89-53)97-49-24(56-13(2)66)32(74)42(21(10-64)91-49)93-51-37(79)33(75)26(68)15(4-58)87-51)20(9-63)90-48(23)84-11-22-30(72)46(40(82)54(92-22)95-43-19(8-62)85-47(83)36(78)35(43)77)98-50-25(57-14(3)67)44(28(70)17(6-60)86-50)96-52-38(80)34(76)27(69)16(5-59)88-52/h15-54,58-64,68-83H,4-11H2,1-3H3,(H,55,65)(H,56,66)(H,57,67)/t15-,16-,17-,18-,19-,20-,21-,22-,23-,24-,25-,26+,27+,28-,29+,30+,31-,32-,33+,34+,35-,36-,37-,38-,39-,40-,41-,42-,43-,44-,45+,46+,47-,48-,49+,50+,51+,52+,53+,54+/m1/s1. The molecule has 0 aromatic carbocycles. The van der Waals surface area contributed by atoms with Crippen LogP contribution in [0.4, 0.5) is 0 Å². The lowest BCUT2D eigenvalue weighted by Gasteiger charge is -2.50. The van der Waals surface area contributed by atoms with Gasteiger partial charge in [-0.25, -0.2) is 0 Å². The average Bonchev–Trinajstić information content (AvgIpc) is 0.776. The first-order valence-electron chi connectivity index (χ1n) is 31.1. The van der Waals surface area contributed by atoms with E-state index in [0.717, 1.165) is 20.8 Å². The number of carbonyl (C=O) groups excluding carboxylic acids is 3. The smallest absolute Gasteiger partial charge is 0.217 e. The van der Waals surface area contributed by atoms with Crippen LogP contribution in [0.5, 0.6) is 0 Å². The fraction of sp³-hybridized carbons (Fsp3) is 0.944. The number of carbonyl (C=O) groups is 3. The lowest BCUT2D eigenvalue weighted by molar-refractivity contribution is -0.385. The van der Waals surface area contributed by atoms with E-state index in [0.29, 0.717) is 0 Å². The zero-order chi connectivity index (χ0) is 72.2. The Balaban J connectivity index is 1.03. The molecule has 0 aromatic heterocycles. The molecule has 44 heteroatoms. The van der Waals surface area contributed by atoms with E-state index in [1.807, 2.05) is 0 Å². The van der Waals surface area contributed by atoms with Gasteiger partial charge in [0.2, 0.25) is 17.7 Å². The molecule has 8 fully saturated rings. The van der Waals surface area contributed by atoms with Crippen molar-refractivity contribution in [3.05, 3.63) is 0 Å². The highest BCUT2D eigenvalue weighted by Gasteiger charge is 2.60. The van der Waals surface area contributed by atoms with Crippen molar-refractivity contribution >= 4 is 17.7 Å². The van der Waals surface area contributed by atoms with Gasteiger partial charge >= 0.3 is 0 Å². The number of rotatable bonds is 25. The van der Waals surface area contributed by atoms with Crippen molar-refractivity contribution < 1.29 is 203 Å². The van der Waals surface area contributed by atoms with Crippen LogP contribution in [-0.2, 0) is 85.4 Å². The second-order valence-electron chi connectivity index (χ2n) is 24.6. The minimum Gasteiger partial charge on any atom is -0.394 e. The fourth-order valence-corrected chi connectivity index (χ4v) is 12.6. The molecule has 8 rings (SSSR count). The van der Waals surface area contributed by atoms with Crippen LogP contribution in [0.15, 0.2) is 0 Å². The van der Waals surface area contributed by atoms with Crippen molar-refractivity contribution in [3.8, 4) is 0 Å². The molecule has 8 saturated heterocycles. The summed E-state index contributed by atoms with van der Waals surface area (Å²) in [5.74, 6) is -2.70. The maximum atomic E-state index is 12.9. The van der Waals surface area contributed by atoms with Gasteiger partial charge in [-0.1, -0.05) is 0 Å². The molecule has 8 aliphatic heterocycles. The largest absolute Gasteiger partial charge is 0.394 e. The predicted molar refractivity (Wildman–Crippen MR) is 299 cm³/mol. The van der Waals surface area contributed by atoms with Gasteiger partial charge in [-0.2, -0.15) is 0 Å². The van der Waals surface area contributed by atoms with Crippen molar-refractivity contribution in [1.29, 1.82) is 0 Å². The van der Waals surface area contributed by atoms with Gasteiger partial charge in [-0.15, -0.1) is 0 Å². The van der Waals surface area contributed by atoms with Crippen LogP contribution >= 0.6 is 0 Å². The summed E-state index contributed by atoms with van der Waals surface area (Å²) in [4.78, 5) is 38.4. The first-order chi connectivity index (χ1) is 46.4. The Hall–Kier alpha value is -3.11. The van der Waals surface area contributed by atoms with Crippen LogP contribution in [0.3, 0.4) is 0 Å². The Morgan fingerprint density at radius 3 is 0.969 bits per heavy atom.